The molecule has 1 fully saturated rings. The molecule has 0 radical (unpaired) electrons. The Kier molecular flexibility index (Phi) is 7.41. The summed E-state index contributed by atoms with van der Waals surface area (Å²) in [6.07, 6.45) is 0.214. The number of carboxylic acid groups (broad SMARTS) is 1. The second-order valence-electron chi connectivity index (χ2n) is 10.4. The first kappa shape index (κ1) is 26.9. The smallest absolute Gasteiger partial charge is 0.323 e. The number of rotatable bonds is 7. The molecule has 1 aliphatic carbocycles. The highest BCUT2D eigenvalue weighted by molar-refractivity contribution is 8.00. The number of thioether (sulfide) groups is 1. The first-order valence-corrected chi connectivity index (χ1v) is 15.1. The molecule has 2 aliphatic rings. The van der Waals surface area contributed by atoms with Crippen molar-refractivity contribution in [1.29, 1.82) is 0 Å². The highest BCUT2D eigenvalue weighted by Crippen LogP contribution is 2.38. The van der Waals surface area contributed by atoms with Crippen molar-refractivity contribution in [2.24, 2.45) is 0 Å². The Balaban J connectivity index is 1.28. The molecule has 3 atom stereocenters. The molecule has 3 aromatic rings. The van der Waals surface area contributed by atoms with E-state index in [0.29, 0.717) is 18.7 Å². The summed E-state index contributed by atoms with van der Waals surface area (Å²) < 4.78 is 27.2. The van der Waals surface area contributed by atoms with Gasteiger partial charge in [-0.1, -0.05) is 60.7 Å². The molecule has 1 unspecified atom stereocenters. The topological polar surface area (TPSA) is 107 Å². The van der Waals surface area contributed by atoms with E-state index in [4.69, 9.17) is 0 Å². The van der Waals surface area contributed by atoms with E-state index < -0.39 is 32.9 Å². The number of nitrogens with one attached hydrogen (secondary N) is 1. The van der Waals surface area contributed by atoms with Gasteiger partial charge in [-0.3, -0.25) is 4.79 Å². The van der Waals surface area contributed by atoms with Gasteiger partial charge in [-0.2, -0.15) is 16.1 Å². The van der Waals surface area contributed by atoms with Gasteiger partial charge in [-0.05, 0) is 53.8 Å². The van der Waals surface area contributed by atoms with E-state index in [0.717, 1.165) is 26.6 Å². The van der Waals surface area contributed by atoms with E-state index in [1.807, 2.05) is 36.4 Å². The van der Waals surface area contributed by atoms with Crippen molar-refractivity contribution >= 4 is 27.8 Å². The number of carbonyl (C=O) groups is 1. The van der Waals surface area contributed by atoms with Crippen LogP contribution in [-0.2, 0) is 27.8 Å². The van der Waals surface area contributed by atoms with Crippen molar-refractivity contribution in [1.82, 2.24) is 9.62 Å². The maximum absolute atomic E-state index is 13.4. The zero-order valence-corrected chi connectivity index (χ0v) is 23.0. The van der Waals surface area contributed by atoms with Gasteiger partial charge in [-0.15, -0.1) is 0 Å². The van der Waals surface area contributed by atoms with Crippen molar-refractivity contribution in [3.63, 3.8) is 0 Å². The molecule has 5 rings (SSSR count). The predicted molar refractivity (Wildman–Crippen MR) is 149 cm³/mol. The average molecular weight is 553 g/mol. The number of benzene rings is 3. The van der Waals surface area contributed by atoms with Crippen LogP contribution < -0.4 is 5.32 Å². The summed E-state index contributed by atoms with van der Waals surface area (Å²) in [7, 11) is -3.96. The summed E-state index contributed by atoms with van der Waals surface area (Å²) in [5, 5.41) is 23.7. The molecule has 1 aliphatic heterocycles. The van der Waals surface area contributed by atoms with Gasteiger partial charge in [0.15, 0.2) is 0 Å². The molecule has 3 aromatic carbocycles. The lowest BCUT2D eigenvalue weighted by Crippen LogP contribution is -2.58. The Morgan fingerprint density at radius 2 is 1.66 bits per heavy atom. The Morgan fingerprint density at radius 3 is 2.32 bits per heavy atom. The summed E-state index contributed by atoms with van der Waals surface area (Å²) in [5.41, 5.74) is 5.22. The number of hydrogen-bond donors (Lipinski definition) is 3. The lowest BCUT2D eigenvalue weighted by molar-refractivity contribution is -0.142. The van der Waals surface area contributed by atoms with Crippen molar-refractivity contribution in [2.75, 3.05) is 12.3 Å². The zero-order valence-electron chi connectivity index (χ0n) is 21.4. The first-order valence-electron chi connectivity index (χ1n) is 12.7. The standard InChI is InChI=1S/C29H32N2O5S2/c1-29(2)27(28(33)34)31(15-16-37-29)38(35,36)23-13-11-21(12-14-23)20-9-7-19(8-10-20)18-30-26-24-6-4-3-5-22(24)17-25(26)32/h3-14,25-27,30,32H,15-18H2,1-2H3,(H,33,34)/t25-,26?,27-/m0/s1. The number of nitrogens with zero attached hydrogens (tertiary/aromatic N) is 1. The number of aliphatic carboxylic acids is 1. The van der Waals surface area contributed by atoms with Crippen molar-refractivity contribution < 1.29 is 23.4 Å². The van der Waals surface area contributed by atoms with Gasteiger partial charge in [-0.25, -0.2) is 8.42 Å². The van der Waals surface area contributed by atoms with Crippen LogP contribution in [0, 0.1) is 0 Å². The van der Waals surface area contributed by atoms with Crippen LogP contribution in [0.1, 0.15) is 36.6 Å². The molecule has 0 bridgehead atoms. The van der Waals surface area contributed by atoms with Gasteiger partial charge in [0.2, 0.25) is 10.0 Å². The first-order chi connectivity index (χ1) is 18.1. The highest BCUT2D eigenvalue weighted by Gasteiger charge is 2.48. The van der Waals surface area contributed by atoms with E-state index in [-0.39, 0.29) is 17.5 Å². The molecule has 7 nitrogen and oxygen atoms in total. The minimum absolute atomic E-state index is 0.0893. The highest BCUT2D eigenvalue weighted by atomic mass is 32.2. The second-order valence-corrected chi connectivity index (χ2v) is 14.0. The van der Waals surface area contributed by atoms with Gasteiger partial charge < -0.3 is 15.5 Å². The molecule has 0 saturated carbocycles. The Labute approximate surface area is 227 Å². The van der Waals surface area contributed by atoms with Crippen LogP contribution in [0.3, 0.4) is 0 Å². The molecular weight excluding hydrogens is 520 g/mol. The van der Waals surface area contributed by atoms with Crippen molar-refractivity contribution in [3.05, 3.63) is 89.5 Å². The SMILES string of the molecule is CC1(C)SCCN(S(=O)(=O)c2ccc(-c3ccc(CNC4c5ccccc5C[C@@H]4O)cc3)cc2)[C@H]1C(=O)O. The second kappa shape index (κ2) is 10.5. The van der Waals surface area contributed by atoms with Crippen LogP contribution in [-0.4, -0.2) is 58.1 Å². The minimum Gasteiger partial charge on any atom is -0.480 e. The molecular formula is C29H32N2O5S2. The fraction of sp³-hybridized carbons (Fsp3) is 0.345. The fourth-order valence-corrected chi connectivity index (χ4v) is 8.55. The molecule has 3 N–H and O–H groups in total. The number of fused-ring (bicyclic) bond motifs is 1. The van der Waals surface area contributed by atoms with Crippen LogP contribution in [0.15, 0.2) is 77.7 Å². The monoisotopic (exact) mass is 552 g/mol. The third-order valence-electron chi connectivity index (χ3n) is 7.44. The molecule has 0 amide bonds. The van der Waals surface area contributed by atoms with Crippen LogP contribution in [0.4, 0.5) is 0 Å². The number of hydrogen-bond acceptors (Lipinski definition) is 6. The van der Waals surface area contributed by atoms with Crippen LogP contribution >= 0.6 is 11.8 Å². The normalized spacial score (nSPS) is 23.2. The molecule has 9 heteroatoms. The van der Waals surface area contributed by atoms with Gasteiger partial charge >= 0.3 is 5.97 Å². The predicted octanol–water partition coefficient (Wildman–Crippen LogP) is 4.07. The fourth-order valence-electron chi connectivity index (χ4n) is 5.45. The van der Waals surface area contributed by atoms with E-state index in [9.17, 15) is 23.4 Å². The summed E-state index contributed by atoms with van der Waals surface area (Å²) in [6.45, 7) is 4.32. The molecule has 1 heterocycles. The van der Waals surface area contributed by atoms with Gasteiger partial charge in [0, 0.05) is 30.0 Å². The number of sulfonamides is 1. The van der Waals surface area contributed by atoms with E-state index in [1.165, 1.54) is 17.3 Å². The number of aliphatic hydroxyl groups is 1. The van der Waals surface area contributed by atoms with Crippen LogP contribution in [0.5, 0.6) is 0 Å². The Bertz CT molecular complexity index is 1420. The molecule has 0 aromatic heterocycles. The number of aliphatic hydroxyl groups excluding tert-OH is 1. The lowest BCUT2D eigenvalue weighted by Gasteiger charge is -2.42. The maximum Gasteiger partial charge on any atom is 0.323 e. The third kappa shape index (κ3) is 5.13. The summed E-state index contributed by atoms with van der Waals surface area (Å²) >= 11 is 1.48. The average Bonchev–Trinajstić information content (AvgIpc) is 3.21. The van der Waals surface area contributed by atoms with E-state index in [2.05, 4.69) is 17.4 Å². The van der Waals surface area contributed by atoms with E-state index in [1.54, 1.807) is 38.1 Å². The minimum atomic E-state index is -3.96. The third-order valence-corrected chi connectivity index (χ3v) is 10.7. The van der Waals surface area contributed by atoms with Gasteiger partial charge in [0.25, 0.3) is 0 Å². The lowest BCUT2D eigenvalue weighted by atomic mass is 10.0. The Hall–Kier alpha value is -2.69. The van der Waals surface area contributed by atoms with Crippen LogP contribution in [0.2, 0.25) is 0 Å². The maximum atomic E-state index is 13.4. The summed E-state index contributed by atoms with van der Waals surface area (Å²) in [5.74, 6) is -0.592. The van der Waals surface area contributed by atoms with Gasteiger partial charge in [0.05, 0.1) is 17.0 Å². The van der Waals surface area contributed by atoms with Gasteiger partial charge in [0.1, 0.15) is 6.04 Å². The Morgan fingerprint density at radius 1 is 1.03 bits per heavy atom. The molecule has 1 saturated heterocycles. The van der Waals surface area contributed by atoms with E-state index >= 15 is 0 Å². The summed E-state index contributed by atoms with van der Waals surface area (Å²) in [4.78, 5) is 12.1. The number of carboxylic acids is 1. The zero-order chi connectivity index (χ0) is 27.1. The van der Waals surface area contributed by atoms with Crippen molar-refractivity contribution in [2.45, 2.75) is 54.6 Å². The molecule has 0 spiro atoms. The summed E-state index contributed by atoms with van der Waals surface area (Å²) in [6, 6.07) is 21.5. The van der Waals surface area contributed by atoms with Crippen molar-refractivity contribution in [3.8, 4) is 11.1 Å². The quantitative estimate of drug-likeness (QED) is 0.406. The molecule has 200 valence electrons. The molecule has 38 heavy (non-hydrogen) atoms. The van der Waals surface area contributed by atoms with Crippen LogP contribution in [0.25, 0.3) is 11.1 Å². The largest absolute Gasteiger partial charge is 0.480 e.